The molecule has 1 saturated carbocycles. The Balaban J connectivity index is 1.51. The van der Waals surface area contributed by atoms with E-state index in [4.69, 9.17) is 5.26 Å². The number of carbonyl (C=O) groups excluding carboxylic acids is 2. The van der Waals surface area contributed by atoms with Gasteiger partial charge in [-0.3, -0.25) is 14.3 Å². The molecule has 146 valence electrons. The van der Waals surface area contributed by atoms with Crippen molar-refractivity contribution in [2.24, 2.45) is 5.92 Å². The summed E-state index contributed by atoms with van der Waals surface area (Å²) >= 11 is 0. The Morgan fingerprint density at radius 2 is 1.82 bits per heavy atom. The van der Waals surface area contributed by atoms with Crippen LogP contribution in [-0.2, 0) is 22.6 Å². The van der Waals surface area contributed by atoms with Crippen LogP contribution in [0.25, 0.3) is 0 Å². The first-order valence-electron chi connectivity index (χ1n) is 9.58. The first kappa shape index (κ1) is 19.6. The number of nitrogens with zero attached hydrogens (tertiary/aromatic N) is 3. The molecule has 1 aliphatic rings. The summed E-state index contributed by atoms with van der Waals surface area (Å²) in [4.78, 5) is 24.1. The molecule has 1 heterocycles. The van der Waals surface area contributed by atoms with Crippen LogP contribution in [0.2, 0.25) is 0 Å². The summed E-state index contributed by atoms with van der Waals surface area (Å²) in [5.74, 6) is 0.159. The maximum atomic E-state index is 12.3. The third kappa shape index (κ3) is 4.97. The van der Waals surface area contributed by atoms with Gasteiger partial charge in [0.25, 0.3) is 0 Å². The zero-order valence-corrected chi connectivity index (χ0v) is 16.3. The molecule has 7 nitrogen and oxygen atoms in total. The van der Waals surface area contributed by atoms with Crippen LogP contribution in [0.4, 0.5) is 11.4 Å². The van der Waals surface area contributed by atoms with Crippen LogP contribution in [0.1, 0.15) is 42.6 Å². The fourth-order valence-corrected chi connectivity index (χ4v) is 3.16. The Morgan fingerprint density at radius 3 is 2.43 bits per heavy atom. The molecule has 0 spiro atoms. The zero-order valence-electron chi connectivity index (χ0n) is 16.3. The molecule has 1 aromatic heterocycles. The minimum atomic E-state index is -0.0710. The highest BCUT2D eigenvalue weighted by Gasteiger charge is 2.29. The van der Waals surface area contributed by atoms with Gasteiger partial charge in [-0.2, -0.15) is 10.4 Å². The minimum absolute atomic E-state index is 0.0674. The minimum Gasteiger partial charge on any atom is -0.326 e. The average molecular weight is 379 g/mol. The van der Waals surface area contributed by atoms with Crippen molar-refractivity contribution < 1.29 is 9.59 Å². The molecule has 0 radical (unpaired) electrons. The normalized spacial score (nSPS) is 13.0. The second kappa shape index (κ2) is 8.70. The highest BCUT2D eigenvalue weighted by molar-refractivity contribution is 5.95. The molecular formula is C21H25N5O2. The number of hydrogen-bond donors (Lipinski definition) is 2. The highest BCUT2D eigenvalue weighted by Crippen LogP contribution is 2.30. The standard InChI is InChI=1S/C21H25N5O2/c1-14-19(15(2)26(25-14)13-3-12-22)10-11-20(27)23-17-6-8-18(9-7-17)24-21(28)16-4-5-16/h6-9,16H,3-5,10-11,13H2,1-2H3,(H,23,27)(H,24,28). The molecule has 0 aliphatic heterocycles. The highest BCUT2D eigenvalue weighted by atomic mass is 16.2. The predicted octanol–water partition coefficient (Wildman–Crippen LogP) is 3.33. The fourth-order valence-electron chi connectivity index (χ4n) is 3.16. The van der Waals surface area contributed by atoms with Gasteiger partial charge in [0.1, 0.15) is 0 Å². The summed E-state index contributed by atoms with van der Waals surface area (Å²) in [6.07, 6.45) is 3.31. The van der Waals surface area contributed by atoms with Crippen LogP contribution in [0.5, 0.6) is 0 Å². The molecule has 0 unspecified atom stereocenters. The van der Waals surface area contributed by atoms with Crippen molar-refractivity contribution in [3.63, 3.8) is 0 Å². The molecule has 1 aliphatic carbocycles. The van der Waals surface area contributed by atoms with Gasteiger partial charge in [0.15, 0.2) is 0 Å². The SMILES string of the molecule is Cc1nn(CCC#N)c(C)c1CCC(=O)Nc1ccc(NC(=O)C2CC2)cc1. The average Bonchev–Trinajstić information content (AvgIpc) is 3.48. The molecule has 1 fully saturated rings. The quantitative estimate of drug-likeness (QED) is 0.735. The van der Waals surface area contributed by atoms with E-state index < -0.39 is 0 Å². The Bertz CT molecular complexity index is 904. The molecule has 0 atom stereocenters. The third-order valence-electron chi connectivity index (χ3n) is 4.95. The fraction of sp³-hybridized carbons (Fsp3) is 0.429. The maximum absolute atomic E-state index is 12.3. The van der Waals surface area contributed by atoms with Gasteiger partial charge in [0.2, 0.25) is 11.8 Å². The number of rotatable bonds is 8. The van der Waals surface area contributed by atoms with Gasteiger partial charge in [-0.05, 0) is 62.9 Å². The number of aromatic nitrogens is 2. The summed E-state index contributed by atoms with van der Waals surface area (Å²) in [7, 11) is 0. The number of nitriles is 1. The van der Waals surface area contributed by atoms with E-state index in [0.717, 1.165) is 35.5 Å². The van der Waals surface area contributed by atoms with Gasteiger partial charge >= 0.3 is 0 Å². The Labute approximate surface area is 164 Å². The van der Waals surface area contributed by atoms with E-state index in [9.17, 15) is 9.59 Å². The van der Waals surface area contributed by atoms with Crippen LogP contribution in [0.15, 0.2) is 24.3 Å². The molecule has 3 rings (SSSR count). The third-order valence-corrected chi connectivity index (χ3v) is 4.95. The Kier molecular flexibility index (Phi) is 6.09. The van der Waals surface area contributed by atoms with Gasteiger partial charge in [0.05, 0.1) is 24.7 Å². The number of benzene rings is 1. The van der Waals surface area contributed by atoms with Crippen LogP contribution < -0.4 is 10.6 Å². The largest absolute Gasteiger partial charge is 0.326 e. The Morgan fingerprint density at radius 1 is 1.18 bits per heavy atom. The van der Waals surface area contributed by atoms with Gasteiger partial charge in [-0.1, -0.05) is 0 Å². The molecular weight excluding hydrogens is 354 g/mol. The molecule has 2 aromatic rings. The maximum Gasteiger partial charge on any atom is 0.227 e. The smallest absolute Gasteiger partial charge is 0.227 e. The van der Waals surface area contributed by atoms with Crippen LogP contribution >= 0.6 is 0 Å². The monoisotopic (exact) mass is 379 g/mol. The van der Waals surface area contributed by atoms with Gasteiger partial charge in [0, 0.05) is 29.4 Å². The number of anilines is 2. The molecule has 2 N–H and O–H groups in total. The van der Waals surface area contributed by atoms with Gasteiger partial charge < -0.3 is 10.6 Å². The topological polar surface area (TPSA) is 99.8 Å². The summed E-state index contributed by atoms with van der Waals surface area (Å²) in [6, 6.07) is 9.29. The van der Waals surface area contributed by atoms with E-state index in [-0.39, 0.29) is 17.7 Å². The van der Waals surface area contributed by atoms with E-state index >= 15 is 0 Å². The van der Waals surface area contributed by atoms with Gasteiger partial charge in [-0.15, -0.1) is 0 Å². The molecule has 7 heteroatoms. The lowest BCUT2D eigenvalue weighted by Gasteiger charge is -2.08. The molecule has 1 aromatic carbocycles. The molecule has 0 saturated heterocycles. The predicted molar refractivity (Wildman–Crippen MR) is 107 cm³/mol. The van der Waals surface area contributed by atoms with Crippen LogP contribution in [-0.4, -0.2) is 21.6 Å². The van der Waals surface area contributed by atoms with Crippen LogP contribution in [0.3, 0.4) is 0 Å². The lowest BCUT2D eigenvalue weighted by atomic mass is 10.1. The second-order valence-electron chi connectivity index (χ2n) is 7.17. The molecule has 2 amide bonds. The second-order valence-corrected chi connectivity index (χ2v) is 7.17. The van der Waals surface area contributed by atoms with Crippen molar-refractivity contribution in [1.29, 1.82) is 5.26 Å². The summed E-state index contributed by atoms with van der Waals surface area (Å²) in [5, 5.41) is 19.0. The summed E-state index contributed by atoms with van der Waals surface area (Å²) in [6.45, 7) is 4.47. The number of hydrogen-bond acceptors (Lipinski definition) is 4. The number of carbonyl (C=O) groups is 2. The lowest BCUT2D eigenvalue weighted by Crippen LogP contribution is -2.14. The zero-order chi connectivity index (χ0) is 20.1. The van der Waals surface area contributed by atoms with E-state index in [1.165, 1.54) is 0 Å². The number of amides is 2. The van der Waals surface area contributed by atoms with E-state index in [1.807, 2.05) is 18.5 Å². The van der Waals surface area contributed by atoms with Crippen molar-refractivity contribution in [1.82, 2.24) is 9.78 Å². The first-order chi connectivity index (χ1) is 13.5. The van der Waals surface area contributed by atoms with Crippen LogP contribution in [0, 0.1) is 31.1 Å². The Hall–Kier alpha value is -3.14. The number of nitrogens with one attached hydrogen (secondary N) is 2. The van der Waals surface area contributed by atoms with Crippen molar-refractivity contribution >= 4 is 23.2 Å². The molecule has 28 heavy (non-hydrogen) atoms. The summed E-state index contributed by atoms with van der Waals surface area (Å²) in [5.41, 5.74) is 4.42. The molecule has 0 bridgehead atoms. The van der Waals surface area contributed by atoms with E-state index in [0.29, 0.717) is 31.5 Å². The van der Waals surface area contributed by atoms with Crippen molar-refractivity contribution in [2.45, 2.75) is 52.5 Å². The number of aryl methyl sites for hydroxylation is 2. The van der Waals surface area contributed by atoms with E-state index in [1.54, 1.807) is 24.3 Å². The van der Waals surface area contributed by atoms with Crippen molar-refractivity contribution in [3.8, 4) is 6.07 Å². The van der Waals surface area contributed by atoms with Crippen molar-refractivity contribution in [2.75, 3.05) is 10.6 Å². The first-order valence-corrected chi connectivity index (χ1v) is 9.58. The van der Waals surface area contributed by atoms with E-state index in [2.05, 4.69) is 21.8 Å². The summed E-state index contributed by atoms with van der Waals surface area (Å²) < 4.78 is 1.83. The van der Waals surface area contributed by atoms with Gasteiger partial charge in [-0.25, -0.2) is 0 Å². The van der Waals surface area contributed by atoms with Crippen molar-refractivity contribution in [3.05, 3.63) is 41.2 Å². The lowest BCUT2D eigenvalue weighted by molar-refractivity contribution is -0.117.